The Morgan fingerprint density at radius 1 is 0.846 bits per heavy atom. The second-order valence-electron chi connectivity index (χ2n) is 5.73. The number of nitrogens with zero attached hydrogens (tertiary/aromatic N) is 2. The average molecular weight is 362 g/mol. The van der Waals surface area contributed by atoms with Crippen molar-refractivity contribution in [2.24, 2.45) is 0 Å². The maximum Gasteiger partial charge on any atom is 0.335 e. The van der Waals surface area contributed by atoms with E-state index in [-0.39, 0.29) is 5.56 Å². The van der Waals surface area contributed by atoms with Gasteiger partial charge in [0.15, 0.2) is 0 Å². The highest BCUT2D eigenvalue weighted by Gasteiger charge is 2.14. The Balaban J connectivity index is 1.81. The Labute approximate surface area is 153 Å². The fraction of sp³-hybridized carbons (Fsp3) is 0.0500. The number of rotatable bonds is 4. The summed E-state index contributed by atoms with van der Waals surface area (Å²) in [5, 5.41) is 9.06. The summed E-state index contributed by atoms with van der Waals surface area (Å²) >= 11 is 1.17. The van der Waals surface area contributed by atoms with Crippen molar-refractivity contribution in [1.29, 1.82) is 0 Å². The van der Waals surface area contributed by atoms with Gasteiger partial charge < -0.3 is 9.84 Å². The van der Waals surface area contributed by atoms with Gasteiger partial charge in [0.1, 0.15) is 16.8 Å². The number of aromatic carboxylic acids is 1. The maximum absolute atomic E-state index is 11.0. The fourth-order valence-corrected chi connectivity index (χ4v) is 3.47. The van der Waals surface area contributed by atoms with Gasteiger partial charge in [-0.25, -0.2) is 4.79 Å². The zero-order valence-corrected chi connectivity index (χ0v) is 14.7. The van der Waals surface area contributed by atoms with E-state index in [1.807, 2.05) is 36.4 Å². The van der Waals surface area contributed by atoms with E-state index in [9.17, 15) is 4.79 Å². The number of carboxylic acid groups (broad SMARTS) is 1. The molecule has 6 heteroatoms. The maximum atomic E-state index is 11.0. The summed E-state index contributed by atoms with van der Waals surface area (Å²) in [6.07, 6.45) is 0. The Morgan fingerprint density at radius 2 is 1.35 bits per heavy atom. The van der Waals surface area contributed by atoms with Gasteiger partial charge in [0.2, 0.25) is 0 Å². The van der Waals surface area contributed by atoms with Crippen molar-refractivity contribution < 1.29 is 14.6 Å². The lowest BCUT2D eigenvalue weighted by atomic mass is 9.97. The second kappa shape index (κ2) is 6.57. The molecule has 1 aromatic heterocycles. The first kappa shape index (κ1) is 16.2. The number of fused-ring (bicyclic) bond motifs is 1. The van der Waals surface area contributed by atoms with Gasteiger partial charge in [-0.15, -0.1) is 0 Å². The van der Waals surface area contributed by atoms with E-state index in [1.165, 1.54) is 11.7 Å². The summed E-state index contributed by atoms with van der Waals surface area (Å²) in [6.45, 7) is 0. The summed E-state index contributed by atoms with van der Waals surface area (Å²) < 4.78 is 14.1. The van der Waals surface area contributed by atoms with Gasteiger partial charge >= 0.3 is 5.97 Å². The van der Waals surface area contributed by atoms with Crippen LogP contribution in [-0.2, 0) is 0 Å². The van der Waals surface area contributed by atoms with Crippen LogP contribution in [0.15, 0.2) is 60.7 Å². The Hall–Kier alpha value is -3.25. The zero-order chi connectivity index (χ0) is 18.1. The molecule has 0 aliphatic heterocycles. The summed E-state index contributed by atoms with van der Waals surface area (Å²) in [4.78, 5) is 11.0. The summed E-state index contributed by atoms with van der Waals surface area (Å²) in [5.41, 5.74) is 5.79. The normalized spacial score (nSPS) is 10.8. The van der Waals surface area contributed by atoms with Crippen LogP contribution in [0.25, 0.3) is 33.3 Å². The number of benzene rings is 3. The van der Waals surface area contributed by atoms with Gasteiger partial charge in [-0.2, -0.15) is 8.75 Å². The van der Waals surface area contributed by atoms with Gasteiger partial charge in [0.05, 0.1) is 24.4 Å². The minimum atomic E-state index is -0.938. The molecule has 0 spiro atoms. The minimum absolute atomic E-state index is 0.260. The summed E-state index contributed by atoms with van der Waals surface area (Å²) in [6, 6.07) is 18.6. The average Bonchev–Trinajstić information content (AvgIpc) is 3.17. The standard InChI is InChI=1S/C20H14N2O3S/c1-25-15-8-6-13(7-9-15)17-11-10-16(18-19(17)22-26-21-18)12-2-4-14(5-3-12)20(23)24/h2-11H,1H3,(H,23,24). The number of carbonyl (C=O) groups is 1. The van der Waals surface area contributed by atoms with Crippen LogP contribution in [0.4, 0.5) is 0 Å². The van der Waals surface area contributed by atoms with Crippen molar-refractivity contribution in [1.82, 2.24) is 8.75 Å². The highest BCUT2D eigenvalue weighted by atomic mass is 32.1. The molecule has 0 unspecified atom stereocenters. The van der Waals surface area contributed by atoms with Crippen LogP contribution in [0.1, 0.15) is 10.4 Å². The number of carboxylic acids is 1. The Bertz CT molecular complexity index is 1090. The zero-order valence-electron chi connectivity index (χ0n) is 13.8. The van der Waals surface area contributed by atoms with Crippen LogP contribution in [0, 0.1) is 0 Å². The minimum Gasteiger partial charge on any atom is -0.497 e. The van der Waals surface area contributed by atoms with E-state index in [4.69, 9.17) is 9.84 Å². The third kappa shape index (κ3) is 2.80. The highest BCUT2D eigenvalue weighted by Crippen LogP contribution is 2.35. The second-order valence-corrected chi connectivity index (χ2v) is 6.26. The number of aromatic nitrogens is 2. The predicted octanol–water partition coefficient (Wildman–Crippen LogP) is 4.73. The van der Waals surface area contributed by atoms with Crippen LogP contribution in [0.3, 0.4) is 0 Å². The molecule has 5 nitrogen and oxygen atoms in total. The van der Waals surface area contributed by atoms with Gasteiger partial charge in [0.25, 0.3) is 0 Å². The van der Waals surface area contributed by atoms with E-state index in [0.29, 0.717) is 0 Å². The molecule has 0 aliphatic rings. The molecule has 0 fully saturated rings. The van der Waals surface area contributed by atoms with E-state index < -0.39 is 5.97 Å². The molecular formula is C20H14N2O3S. The van der Waals surface area contributed by atoms with Crippen LogP contribution in [0.5, 0.6) is 5.75 Å². The van der Waals surface area contributed by atoms with Crippen molar-refractivity contribution >= 4 is 28.7 Å². The van der Waals surface area contributed by atoms with Crippen molar-refractivity contribution in [3.63, 3.8) is 0 Å². The Kier molecular flexibility index (Phi) is 4.10. The third-order valence-corrected chi connectivity index (χ3v) is 4.79. The van der Waals surface area contributed by atoms with Crippen LogP contribution in [-0.4, -0.2) is 26.9 Å². The van der Waals surface area contributed by atoms with Gasteiger partial charge in [0, 0.05) is 11.1 Å². The predicted molar refractivity (Wildman–Crippen MR) is 102 cm³/mol. The lowest BCUT2D eigenvalue weighted by Crippen LogP contribution is -1.95. The summed E-state index contributed by atoms with van der Waals surface area (Å²) in [7, 11) is 1.64. The number of hydrogen-bond acceptors (Lipinski definition) is 5. The van der Waals surface area contributed by atoms with E-state index >= 15 is 0 Å². The molecule has 1 N–H and O–H groups in total. The van der Waals surface area contributed by atoms with Crippen molar-refractivity contribution in [3.8, 4) is 28.0 Å². The molecular weight excluding hydrogens is 348 g/mol. The Morgan fingerprint density at radius 3 is 1.81 bits per heavy atom. The topological polar surface area (TPSA) is 72.3 Å². The van der Waals surface area contributed by atoms with Gasteiger partial charge in [-0.1, -0.05) is 36.4 Å². The number of hydrogen-bond donors (Lipinski definition) is 1. The highest BCUT2D eigenvalue weighted by molar-refractivity contribution is 7.00. The molecule has 0 bridgehead atoms. The first-order chi connectivity index (χ1) is 12.7. The third-order valence-electron chi connectivity index (χ3n) is 4.26. The molecule has 4 aromatic rings. The largest absolute Gasteiger partial charge is 0.497 e. The van der Waals surface area contributed by atoms with Crippen LogP contribution < -0.4 is 4.74 Å². The SMILES string of the molecule is COc1ccc(-c2ccc(-c3ccc(C(=O)O)cc3)c3nsnc23)cc1. The molecule has 26 heavy (non-hydrogen) atoms. The quantitative estimate of drug-likeness (QED) is 0.568. The molecule has 4 rings (SSSR count). The van der Waals surface area contributed by atoms with Gasteiger partial charge in [-0.3, -0.25) is 0 Å². The molecule has 0 saturated carbocycles. The van der Waals surface area contributed by atoms with E-state index in [0.717, 1.165) is 39.0 Å². The van der Waals surface area contributed by atoms with E-state index in [1.54, 1.807) is 31.4 Å². The monoisotopic (exact) mass is 362 g/mol. The molecule has 0 atom stereocenters. The van der Waals surface area contributed by atoms with Gasteiger partial charge in [-0.05, 0) is 35.4 Å². The first-order valence-corrected chi connectivity index (χ1v) is 8.64. The lowest BCUT2D eigenvalue weighted by Gasteiger charge is -2.08. The van der Waals surface area contributed by atoms with Crippen molar-refractivity contribution in [2.75, 3.05) is 7.11 Å². The molecule has 3 aromatic carbocycles. The smallest absolute Gasteiger partial charge is 0.335 e. The molecule has 0 amide bonds. The van der Waals surface area contributed by atoms with Crippen LogP contribution in [0.2, 0.25) is 0 Å². The summed E-state index contributed by atoms with van der Waals surface area (Å²) in [5.74, 6) is -0.136. The lowest BCUT2D eigenvalue weighted by molar-refractivity contribution is 0.0697. The van der Waals surface area contributed by atoms with Crippen molar-refractivity contribution in [2.45, 2.75) is 0 Å². The molecule has 128 valence electrons. The van der Waals surface area contributed by atoms with E-state index in [2.05, 4.69) is 8.75 Å². The molecule has 1 heterocycles. The fourth-order valence-electron chi connectivity index (χ4n) is 2.90. The number of ether oxygens (including phenoxy) is 1. The molecule has 0 radical (unpaired) electrons. The van der Waals surface area contributed by atoms with Crippen LogP contribution >= 0.6 is 11.7 Å². The number of methoxy groups -OCH3 is 1. The van der Waals surface area contributed by atoms with Crippen molar-refractivity contribution in [3.05, 3.63) is 66.2 Å². The molecule has 0 saturated heterocycles. The first-order valence-electron chi connectivity index (χ1n) is 7.91. The molecule has 0 aliphatic carbocycles.